The van der Waals surface area contributed by atoms with Crippen molar-refractivity contribution in [2.45, 2.75) is 33.7 Å². The van der Waals surface area contributed by atoms with Gasteiger partial charge in [0.1, 0.15) is 0 Å². The van der Waals surface area contributed by atoms with Crippen LogP contribution in [-0.2, 0) is 11.8 Å². The van der Waals surface area contributed by atoms with Gasteiger partial charge < -0.3 is 0 Å². The molecule has 1 unspecified atom stereocenters. The number of rotatable bonds is 3. The maximum Gasteiger partial charge on any atom is 0.333 e. The second-order valence-electron chi connectivity index (χ2n) is 7.20. The van der Waals surface area contributed by atoms with E-state index in [-0.39, 0.29) is 11.3 Å². The second kappa shape index (κ2) is 6.05. The van der Waals surface area contributed by atoms with Gasteiger partial charge in [0.2, 0.25) is 5.78 Å². The molecule has 0 fully saturated rings. The number of carbonyl (C=O) groups excluding carboxylic acids is 1. The molecule has 1 aromatic carbocycles. The molecule has 4 aromatic rings. The van der Waals surface area contributed by atoms with Crippen molar-refractivity contribution in [3.05, 3.63) is 62.6 Å². The normalized spacial score (nSPS) is 12.8. The number of imidazole rings is 2. The van der Waals surface area contributed by atoms with Crippen LogP contribution in [0.15, 0.2) is 40.1 Å². The summed E-state index contributed by atoms with van der Waals surface area (Å²) in [6, 6.07) is 7.12. The van der Waals surface area contributed by atoms with Crippen LogP contribution in [0.5, 0.6) is 0 Å². The summed E-state index contributed by atoms with van der Waals surface area (Å²) in [4.78, 5) is 42.3. The van der Waals surface area contributed by atoms with Crippen LogP contribution in [0.1, 0.15) is 31.1 Å². The Morgan fingerprint density at radius 3 is 2.54 bits per heavy atom. The quantitative estimate of drug-likeness (QED) is 0.544. The number of nitrogens with zero attached hydrogens (tertiary/aromatic N) is 5. The van der Waals surface area contributed by atoms with Crippen molar-refractivity contribution in [2.24, 2.45) is 7.05 Å². The minimum Gasteiger partial charge on any atom is -0.298 e. The summed E-state index contributed by atoms with van der Waals surface area (Å²) in [7, 11) is 1.56. The molecule has 8 nitrogen and oxygen atoms in total. The second-order valence-corrected chi connectivity index (χ2v) is 7.20. The van der Waals surface area contributed by atoms with Crippen molar-refractivity contribution in [2.75, 3.05) is 0 Å². The van der Waals surface area contributed by atoms with Gasteiger partial charge in [-0.2, -0.15) is 4.98 Å². The van der Waals surface area contributed by atoms with Crippen LogP contribution in [0.2, 0.25) is 0 Å². The predicted molar refractivity (Wildman–Crippen MR) is 106 cm³/mol. The van der Waals surface area contributed by atoms with E-state index in [9.17, 15) is 14.4 Å². The van der Waals surface area contributed by atoms with Gasteiger partial charge in [-0.1, -0.05) is 12.1 Å². The predicted octanol–water partition coefficient (Wildman–Crippen LogP) is 1.91. The van der Waals surface area contributed by atoms with E-state index in [2.05, 4.69) is 4.98 Å². The first kappa shape index (κ1) is 18.0. The summed E-state index contributed by atoms with van der Waals surface area (Å²) in [5.74, 6) is 0.284. The van der Waals surface area contributed by atoms with E-state index in [1.807, 2.05) is 48.9 Å². The molecule has 3 aromatic heterocycles. The maximum absolute atomic E-state index is 13.2. The standard InChI is InChI=1S/C20H21N5O3/c1-11-7-6-8-15(9-11)24-12(2)10-23-16-17(21-19(23)24)22(5)20(28)25(18(16)27)13(3)14(4)26/h6-10,13H,1-5H3. The molecule has 8 heteroatoms. The number of benzene rings is 1. The molecule has 0 saturated carbocycles. The zero-order chi connectivity index (χ0) is 20.3. The Kier molecular flexibility index (Phi) is 3.88. The largest absolute Gasteiger partial charge is 0.333 e. The average Bonchev–Trinajstić information content (AvgIpc) is 3.14. The summed E-state index contributed by atoms with van der Waals surface area (Å²) < 4.78 is 5.95. The lowest BCUT2D eigenvalue weighted by Gasteiger charge is -2.12. The summed E-state index contributed by atoms with van der Waals surface area (Å²) in [6.07, 6.45) is 1.82. The Balaban J connectivity index is 2.15. The van der Waals surface area contributed by atoms with E-state index in [4.69, 9.17) is 0 Å². The van der Waals surface area contributed by atoms with Gasteiger partial charge >= 0.3 is 5.69 Å². The molecule has 0 spiro atoms. The number of fused-ring (bicyclic) bond motifs is 3. The van der Waals surface area contributed by atoms with E-state index >= 15 is 0 Å². The highest BCUT2D eigenvalue weighted by Gasteiger charge is 2.24. The number of ketones is 1. The molecule has 4 rings (SSSR count). The van der Waals surface area contributed by atoms with Gasteiger partial charge in [-0.25, -0.2) is 9.36 Å². The van der Waals surface area contributed by atoms with E-state index in [1.165, 1.54) is 11.5 Å². The van der Waals surface area contributed by atoms with Crippen molar-refractivity contribution >= 4 is 22.7 Å². The van der Waals surface area contributed by atoms with Crippen molar-refractivity contribution in [1.82, 2.24) is 23.1 Å². The van der Waals surface area contributed by atoms with Crippen molar-refractivity contribution in [3.8, 4) is 5.69 Å². The van der Waals surface area contributed by atoms with Gasteiger partial charge in [-0.05, 0) is 45.4 Å². The molecule has 0 aliphatic rings. The van der Waals surface area contributed by atoms with Gasteiger partial charge in [-0.15, -0.1) is 0 Å². The summed E-state index contributed by atoms with van der Waals surface area (Å²) in [6.45, 7) is 6.86. The molecule has 1 atom stereocenters. The molecule has 3 heterocycles. The lowest BCUT2D eigenvalue weighted by molar-refractivity contribution is -0.119. The minimum absolute atomic E-state index is 0.257. The van der Waals surface area contributed by atoms with Crippen molar-refractivity contribution in [1.29, 1.82) is 0 Å². The first-order valence-corrected chi connectivity index (χ1v) is 9.01. The topological polar surface area (TPSA) is 83.3 Å². The summed E-state index contributed by atoms with van der Waals surface area (Å²) in [5, 5.41) is 0. The van der Waals surface area contributed by atoms with Crippen LogP contribution >= 0.6 is 0 Å². The summed E-state index contributed by atoms with van der Waals surface area (Å²) in [5.41, 5.74) is 2.41. The molecular weight excluding hydrogens is 358 g/mol. The van der Waals surface area contributed by atoms with Gasteiger partial charge in [0.25, 0.3) is 5.56 Å². The van der Waals surface area contributed by atoms with E-state index in [0.717, 1.165) is 21.5 Å². The lowest BCUT2D eigenvalue weighted by atomic mass is 10.2. The fraction of sp³-hybridized carbons (Fsp3) is 0.300. The highest BCUT2D eigenvalue weighted by atomic mass is 16.2. The molecule has 0 aliphatic carbocycles. The fourth-order valence-corrected chi connectivity index (χ4v) is 3.59. The Labute approximate surface area is 160 Å². The molecule has 0 bridgehead atoms. The fourth-order valence-electron chi connectivity index (χ4n) is 3.59. The third-order valence-electron chi connectivity index (χ3n) is 5.21. The molecule has 0 N–H and O–H groups in total. The maximum atomic E-state index is 13.2. The Morgan fingerprint density at radius 1 is 1.18 bits per heavy atom. The number of aryl methyl sites for hydroxylation is 3. The van der Waals surface area contributed by atoms with Crippen molar-refractivity contribution < 1.29 is 4.79 Å². The van der Waals surface area contributed by atoms with Gasteiger partial charge in [0.15, 0.2) is 16.9 Å². The SMILES string of the molecule is CC(=O)C(C)n1c(=O)c2c(nc3n(-c4cccc(C)c4)c(C)cn23)n(C)c1=O. The molecular formula is C20H21N5O3. The first-order chi connectivity index (χ1) is 13.2. The Hall–Kier alpha value is -3.42. The number of carbonyl (C=O) groups is 1. The number of Topliss-reactive ketones (excluding diaryl/α,β-unsaturated/α-hetero) is 1. The molecule has 28 heavy (non-hydrogen) atoms. The molecule has 0 radical (unpaired) electrons. The average molecular weight is 379 g/mol. The van der Waals surface area contributed by atoms with Gasteiger partial charge in [0, 0.05) is 24.6 Å². The van der Waals surface area contributed by atoms with Crippen molar-refractivity contribution in [3.63, 3.8) is 0 Å². The van der Waals surface area contributed by atoms with Crippen LogP contribution < -0.4 is 11.2 Å². The van der Waals surface area contributed by atoms with Crippen LogP contribution in [0.25, 0.3) is 22.6 Å². The lowest BCUT2D eigenvalue weighted by Crippen LogP contribution is -2.42. The number of aromatic nitrogens is 5. The zero-order valence-electron chi connectivity index (χ0n) is 16.4. The highest BCUT2D eigenvalue weighted by molar-refractivity contribution is 5.81. The van der Waals surface area contributed by atoms with Crippen LogP contribution in [0.4, 0.5) is 0 Å². The monoisotopic (exact) mass is 379 g/mol. The molecule has 0 saturated heterocycles. The van der Waals surface area contributed by atoms with E-state index < -0.39 is 17.3 Å². The van der Waals surface area contributed by atoms with Gasteiger partial charge in [-0.3, -0.25) is 23.1 Å². The number of hydrogen-bond acceptors (Lipinski definition) is 4. The van der Waals surface area contributed by atoms with Crippen LogP contribution in [0.3, 0.4) is 0 Å². The number of hydrogen-bond donors (Lipinski definition) is 0. The molecule has 144 valence electrons. The third-order valence-corrected chi connectivity index (χ3v) is 5.21. The Bertz CT molecular complexity index is 1380. The zero-order valence-corrected chi connectivity index (χ0v) is 16.4. The minimum atomic E-state index is -0.846. The Morgan fingerprint density at radius 2 is 1.89 bits per heavy atom. The summed E-state index contributed by atoms with van der Waals surface area (Å²) >= 11 is 0. The highest BCUT2D eigenvalue weighted by Crippen LogP contribution is 2.21. The van der Waals surface area contributed by atoms with E-state index in [0.29, 0.717) is 11.4 Å². The third kappa shape index (κ3) is 2.37. The molecule has 0 aliphatic heterocycles. The van der Waals surface area contributed by atoms with Gasteiger partial charge in [0.05, 0.1) is 6.04 Å². The smallest absolute Gasteiger partial charge is 0.298 e. The first-order valence-electron chi connectivity index (χ1n) is 9.01. The van der Waals surface area contributed by atoms with E-state index in [1.54, 1.807) is 18.4 Å². The molecule has 0 amide bonds. The van der Waals surface area contributed by atoms with Crippen LogP contribution in [0, 0.1) is 13.8 Å². The van der Waals surface area contributed by atoms with Crippen LogP contribution in [-0.4, -0.2) is 28.9 Å².